The molecule has 17 heavy (non-hydrogen) atoms. The zero-order valence-electron chi connectivity index (χ0n) is 12.0. The zero-order valence-corrected chi connectivity index (χ0v) is 12.0. The molecule has 2 fully saturated rings. The molecule has 1 unspecified atom stereocenters. The van der Waals surface area contributed by atoms with Crippen LogP contribution in [0.15, 0.2) is 0 Å². The molecular weight excluding hydrogens is 208 g/mol. The summed E-state index contributed by atoms with van der Waals surface area (Å²) >= 11 is 0. The number of rotatable bonds is 5. The molecule has 0 aromatic rings. The molecule has 1 saturated carbocycles. The van der Waals surface area contributed by atoms with Gasteiger partial charge in [-0.05, 0) is 70.9 Å². The summed E-state index contributed by atoms with van der Waals surface area (Å²) in [7, 11) is 0. The fraction of sp³-hybridized carbons (Fsp3) is 1.00. The normalized spacial score (nSPS) is 29.3. The van der Waals surface area contributed by atoms with Crippen molar-refractivity contribution < 1.29 is 0 Å². The molecule has 0 aromatic heterocycles. The first-order valence-electron chi connectivity index (χ1n) is 7.63. The van der Waals surface area contributed by atoms with Crippen LogP contribution in [0.2, 0.25) is 0 Å². The summed E-state index contributed by atoms with van der Waals surface area (Å²) in [5.74, 6) is 0. The predicted octanol–water partition coefficient (Wildman–Crippen LogP) is 3.03. The lowest BCUT2D eigenvalue weighted by Crippen LogP contribution is -2.36. The number of likely N-dealkylation sites (tertiary alicyclic amines) is 1. The molecule has 1 atom stereocenters. The zero-order chi connectivity index (χ0) is 12.3. The molecule has 1 aliphatic carbocycles. The van der Waals surface area contributed by atoms with Crippen LogP contribution >= 0.6 is 0 Å². The van der Waals surface area contributed by atoms with Gasteiger partial charge < -0.3 is 10.2 Å². The van der Waals surface area contributed by atoms with E-state index in [4.69, 9.17) is 0 Å². The Morgan fingerprint density at radius 1 is 1.24 bits per heavy atom. The summed E-state index contributed by atoms with van der Waals surface area (Å²) in [5, 5.41) is 3.85. The van der Waals surface area contributed by atoms with Crippen LogP contribution in [0.3, 0.4) is 0 Å². The van der Waals surface area contributed by atoms with Crippen LogP contribution in [-0.2, 0) is 0 Å². The Hall–Kier alpha value is -0.0800. The van der Waals surface area contributed by atoms with Gasteiger partial charge in [-0.25, -0.2) is 0 Å². The van der Waals surface area contributed by atoms with E-state index in [-0.39, 0.29) is 0 Å². The number of nitrogens with zero attached hydrogens (tertiary/aromatic N) is 1. The van der Waals surface area contributed by atoms with E-state index in [9.17, 15) is 0 Å². The molecule has 0 spiro atoms. The quantitative estimate of drug-likeness (QED) is 0.792. The van der Waals surface area contributed by atoms with Crippen molar-refractivity contribution in [3.8, 4) is 0 Å². The number of hydrogen-bond acceptors (Lipinski definition) is 2. The van der Waals surface area contributed by atoms with Crippen LogP contribution in [0, 0.1) is 5.41 Å². The molecule has 100 valence electrons. The average molecular weight is 238 g/mol. The molecular formula is C15H30N2. The van der Waals surface area contributed by atoms with Gasteiger partial charge in [0.2, 0.25) is 0 Å². The van der Waals surface area contributed by atoms with Crippen molar-refractivity contribution in [3.05, 3.63) is 0 Å². The third kappa shape index (κ3) is 3.69. The summed E-state index contributed by atoms with van der Waals surface area (Å²) in [6, 6.07) is 1.50. The van der Waals surface area contributed by atoms with Gasteiger partial charge in [0.25, 0.3) is 0 Å². The fourth-order valence-corrected chi connectivity index (χ4v) is 3.03. The van der Waals surface area contributed by atoms with Gasteiger partial charge in [0.05, 0.1) is 0 Å². The second-order valence-electron chi connectivity index (χ2n) is 6.49. The van der Waals surface area contributed by atoms with E-state index in [1.54, 1.807) is 0 Å². The van der Waals surface area contributed by atoms with Crippen LogP contribution in [0.25, 0.3) is 0 Å². The Morgan fingerprint density at radius 3 is 2.59 bits per heavy atom. The van der Waals surface area contributed by atoms with Crippen LogP contribution in [0.4, 0.5) is 0 Å². The van der Waals surface area contributed by atoms with Crippen molar-refractivity contribution >= 4 is 0 Å². The minimum absolute atomic E-state index is 0.698. The Morgan fingerprint density at radius 2 is 2.00 bits per heavy atom. The highest BCUT2D eigenvalue weighted by Gasteiger charge is 2.40. The van der Waals surface area contributed by atoms with E-state index in [2.05, 4.69) is 31.0 Å². The fourth-order valence-electron chi connectivity index (χ4n) is 3.03. The van der Waals surface area contributed by atoms with Crippen molar-refractivity contribution in [2.24, 2.45) is 5.41 Å². The SMILES string of the molecule is CCC1(CNC2CCCN(C(C)C)CC2)CC1. The van der Waals surface area contributed by atoms with Gasteiger partial charge in [-0.3, -0.25) is 0 Å². The minimum Gasteiger partial charge on any atom is -0.313 e. The van der Waals surface area contributed by atoms with Crippen molar-refractivity contribution in [2.45, 2.75) is 71.4 Å². The molecule has 0 aromatic carbocycles. The highest BCUT2D eigenvalue weighted by molar-refractivity contribution is 4.94. The summed E-state index contributed by atoms with van der Waals surface area (Å²) in [4.78, 5) is 2.63. The lowest BCUT2D eigenvalue weighted by Gasteiger charge is -2.24. The van der Waals surface area contributed by atoms with Crippen molar-refractivity contribution in [2.75, 3.05) is 19.6 Å². The van der Waals surface area contributed by atoms with Crippen molar-refractivity contribution in [1.82, 2.24) is 10.2 Å². The molecule has 2 nitrogen and oxygen atoms in total. The Kier molecular flexibility index (Phi) is 4.48. The maximum Gasteiger partial charge on any atom is 0.00799 e. The third-order valence-electron chi connectivity index (χ3n) is 4.97. The average Bonchev–Trinajstić information content (AvgIpc) is 3.11. The first kappa shape index (κ1) is 13.4. The number of hydrogen-bond donors (Lipinski definition) is 1. The van der Waals surface area contributed by atoms with E-state index in [1.807, 2.05) is 0 Å². The maximum absolute atomic E-state index is 3.85. The summed E-state index contributed by atoms with van der Waals surface area (Å²) in [5.41, 5.74) is 0.698. The van der Waals surface area contributed by atoms with Crippen LogP contribution in [-0.4, -0.2) is 36.6 Å². The summed E-state index contributed by atoms with van der Waals surface area (Å²) in [6.07, 6.45) is 8.38. The highest BCUT2D eigenvalue weighted by atomic mass is 15.1. The first-order valence-corrected chi connectivity index (χ1v) is 7.63. The monoisotopic (exact) mass is 238 g/mol. The largest absolute Gasteiger partial charge is 0.313 e. The van der Waals surface area contributed by atoms with Crippen molar-refractivity contribution in [3.63, 3.8) is 0 Å². The van der Waals surface area contributed by atoms with Gasteiger partial charge in [-0.1, -0.05) is 6.92 Å². The van der Waals surface area contributed by atoms with E-state index < -0.39 is 0 Å². The second-order valence-corrected chi connectivity index (χ2v) is 6.49. The van der Waals surface area contributed by atoms with Gasteiger partial charge in [0, 0.05) is 18.6 Å². The lowest BCUT2D eigenvalue weighted by atomic mass is 10.0. The van der Waals surface area contributed by atoms with E-state index >= 15 is 0 Å². The van der Waals surface area contributed by atoms with Crippen LogP contribution in [0.1, 0.15) is 59.3 Å². The summed E-state index contributed by atoms with van der Waals surface area (Å²) in [6.45, 7) is 10.9. The van der Waals surface area contributed by atoms with Crippen LogP contribution in [0.5, 0.6) is 0 Å². The smallest absolute Gasteiger partial charge is 0.00799 e. The van der Waals surface area contributed by atoms with E-state index in [0.717, 1.165) is 12.1 Å². The molecule has 1 aliphatic heterocycles. The topological polar surface area (TPSA) is 15.3 Å². The minimum atomic E-state index is 0.698. The molecule has 0 amide bonds. The Balaban J connectivity index is 1.71. The van der Waals surface area contributed by atoms with E-state index in [0.29, 0.717) is 5.41 Å². The van der Waals surface area contributed by atoms with E-state index in [1.165, 1.54) is 58.2 Å². The molecule has 0 bridgehead atoms. The molecule has 1 saturated heterocycles. The third-order valence-corrected chi connectivity index (χ3v) is 4.97. The van der Waals surface area contributed by atoms with Crippen LogP contribution < -0.4 is 5.32 Å². The van der Waals surface area contributed by atoms with Gasteiger partial charge >= 0.3 is 0 Å². The molecule has 2 rings (SSSR count). The van der Waals surface area contributed by atoms with Crippen molar-refractivity contribution in [1.29, 1.82) is 0 Å². The standard InChI is InChI=1S/C15H30N2/c1-4-15(8-9-15)12-16-14-6-5-10-17(11-7-14)13(2)3/h13-14,16H,4-12H2,1-3H3. The predicted molar refractivity (Wildman–Crippen MR) is 74.3 cm³/mol. The molecule has 2 heteroatoms. The van der Waals surface area contributed by atoms with Gasteiger partial charge in [0.15, 0.2) is 0 Å². The van der Waals surface area contributed by atoms with Gasteiger partial charge in [-0.2, -0.15) is 0 Å². The first-order chi connectivity index (χ1) is 8.15. The molecule has 1 heterocycles. The highest BCUT2D eigenvalue weighted by Crippen LogP contribution is 2.48. The number of nitrogens with one attached hydrogen (secondary N) is 1. The molecule has 0 radical (unpaired) electrons. The molecule has 1 N–H and O–H groups in total. The van der Waals surface area contributed by atoms with Gasteiger partial charge in [-0.15, -0.1) is 0 Å². The Labute approximate surface area is 107 Å². The second kappa shape index (κ2) is 5.71. The molecule has 2 aliphatic rings. The maximum atomic E-state index is 3.85. The Bertz CT molecular complexity index is 233. The summed E-state index contributed by atoms with van der Waals surface area (Å²) < 4.78 is 0. The lowest BCUT2D eigenvalue weighted by molar-refractivity contribution is 0.228. The van der Waals surface area contributed by atoms with Gasteiger partial charge in [0.1, 0.15) is 0 Å².